The molecule has 0 spiro atoms. The van der Waals surface area contributed by atoms with Crippen molar-refractivity contribution in [3.8, 4) is 0 Å². The number of fused-ring (bicyclic) bond motifs is 1. The first-order chi connectivity index (χ1) is 9.18. The molecule has 2 aromatic carbocycles. The monoisotopic (exact) mass is 255 g/mol. The number of carbonyl (C=O) groups is 2. The van der Waals surface area contributed by atoms with Gasteiger partial charge in [0.15, 0.2) is 0 Å². The van der Waals surface area contributed by atoms with Crippen molar-refractivity contribution in [3.63, 3.8) is 0 Å². The Balaban J connectivity index is 2.18. The van der Waals surface area contributed by atoms with Gasteiger partial charge in [0.25, 0.3) is 0 Å². The van der Waals surface area contributed by atoms with Crippen LogP contribution in [0.5, 0.6) is 0 Å². The van der Waals surface area contributed by atoms with Gasteiger partial charge < -0.3 is 5.11 Å². The zero-order valence-corrected chi connectivity index (χ0v) is 10.2. The number of carboxylic acids is 1. The molecule has 0 radical (unpaired) electrons. The molecule has 1 atom stereocenters. The predicted octanol–water partition coefficient (Wildman–Crippen LogP) is 2.42. The summed E-state index contributed by atoms with van der Waals surface area (Å²) in [5.41, 5.74) is 0.688. The molecule has 0 aromatic heterocycles. The minimum absolute atomic E-state index is 0.122. The van der Waals surface area contributed by atoms with Gasteiger partial charge in [-0.25, -0.2) is 4.79 Å². The number of amides is 1. The second-order valence-electron chi connectivity index (χ2n) is 4.65. The van der Waals surface area contributed by atoms with E-state index in [2.05, 4.69) is 0 Å². The third-order valence-electron chi connectivity index (χ3n) is 3.52. The van der Waals surface area contributed by atoms with Crippen LogP contribution in [-0.4, -0.2) is 23.0 Å². The van der Waals surface area contributed by atoms with E-state index in [0.29, 0.717) is 18.5 Å². The topological polar surface area (TPSA) is 57.6 Å². The van der Waals surface area contributed by atoms with Gasteiger partial charge in [-0.1, -0.05) is 36.4 Å². The summed E-state index contributed by atoms with van der Waals surface area (Å²) in [7, 11) is 0. The Morgan fingerprint density at radius 3 is 2.68 bits per heavy atom. The number of carboxylic acid groups (broad SMARTS) is 1. The van der Waals surface area contributed by atoms with Crippen LogP contribution in [-0.2, 0) is 9.59 Å². The quantitative estimate of drug-likeness (QED) is 0.896. The van der Waals surface area contributed by atoms with Crippen molar-refractivity contribution in [3.05, 3.63) is 42.5 Å². The van der Waals surface area contributed by atoms with Crippen LogP contribution in [0.4, 0.5) is 5.69 Å². The molecule has 1 saturated heterocycles. The number of carbonyl (C=O) groups excluding carboxylic acids is 1. The fourth-order valence-electron chi connectivity index (χ4n) is 2.64. The van der Waals surface area contributed by atoms with Gasteiger partial charge in [0, 0.05) is 11.8 Å². The number of hydrogen-bond acceptors (Lipinski definition) is 2. The first-order valence-electron chi connectivity index (χ1n) is 6.21. The molecule has 0 aliphatic carbocycles. The van der Waals surface area contributed by atoms with Crippen molar-refractivity contribution in [1.29, 1.82) is 0 Å². The van der Waals surface area contributed by atoms with Gasteiger partial charge in [0.2, 0.25) is 5.91 Å². The summed E-state index contributed by atoms with van der Waals surface area (Å²) in [5.74, 6) is -1.07. The van der Waals surface area contributed by atoms with E-state index in [1.807, 2.05) is 42.5 Å². The van der Waals surface area contributed by atoms with Crippen molar-refractivity contribution < 1.29 is 14.7 Å². The molecule has 1 aliphatic heterocycles. The minimum Gasteiger partial charge on any atom is -0.480 e. The number of aliphatic carboxylic acids is 1. The van der Waals surface area contributed by atoms with E-state index in [0.717, 1.165) is 10.8 Å². The lowest BCUT2D eigenvalue weighted by Gasteiger charge is -2.23. The van der Waals surface area contributed by atoms with Crippen molar-refractivity contribution in [2.45, 2.75) is 18.9 Å². The Labute approximate surface area is 110 Å². The number of nitrogens with zero attached hydrogens (tertiary/aromatic N) is 1. The van der Waals surface area contributed by atoms with Gasteiger partial charge in [-0.15, -0.1) is 0 Å². The number of anilines is 1. The molecule has 3 rings (SSSR count). The summed E-state index contributed by atoms with van der Waals surface area (Å²) in [6.07, 6.45) is 0.664. The van der Waals surface area contributed by atoms with Gasteiger partial charge in [0.1, 0.15) is 6.04 Å². The van der Waals surface area contributed by atoms with Crippen LogP contribution in [0.3, 0.4) is 0 Å². The standard InChI is InChI=1S/C15H13NO3/c17-14-9-8-13(15(18)19)16(14)12-7-3-5-10-4-1-2-6-11(10)12/h1-7,13H,8-9H2,(H,18,19). The molecular formula is C15H13NO3. The molecule has 1 heterocycles. The number of rotatable bonds is 2. The number of hydrogen-bond donors (Lipinski definition) is 1. The SMILES string of the molecule is O=C(O)C1CCC(=O)N1c1cccc2ccccc12. The van der Waals surface area contributed by atoms with Crippen LogP contribution < -0.4 is 4.90 Å². The second-order valence-corrected chi connectivity index (χ2v) is 4.65. The van der Waals surface area contributed by atoms with Gasteiger partial charge in [-0.2, -0.15) is 0 Å². The lowest BCUT2D eigenvalue weighted by molar-refractivity contribution is -0.138. The van der Waals surface area contributed by atoms with Gasteiger partial charge >= 0.3 is 5.97 Å². The van der Waals surface area contributed by atoms with Crippen molar-refractivity contribution in [2.24, 2.45) is 0 Å². The fourth-order valence-corrected chi connectivity index (χ4v) is 2.64. The van der Waals surface area contributed by atoms with E-state index in [1.54, 1.807) is 0 Å². The Morgan fingerprint density at radius 1 is 1.16 bits per heavy atom. The Bertz CT molecular complexity index is 660. The maximum atomic E-state index is 12.0. The molecule has 1 aliphatic rings. The summed E-state index contributed by atoms with van der Waals surface area (Å²) in [5, 5.41) is 11.2. The van der Waals surface area contributed by atoms with Crippen molar-refractivity contribution in [1.82, 2.24) is 0 Å². The largest absolute Gasteiger partial charge is 0.480 e. The maximum Gasteiger partial charge on any atom is 0.326 e. The van der Waals surface area contributed by atoms with E-state index in [9.17, 15) is 14.7 Å². The highest BCUT2D eigenvalue weighted by atomic mass is 16.4. The summed E-state index contributed by atoms with van der Waals surface area (Å²) < 4.78 is 0. The van der Waals surface area contributed by atoms with Crippen LogP contribution in [0.1, 0.15) is 12.8 Å². The molecule has 0 saturated carbocycles. The molecule has 1 amide bonds. The fraction of sp³-hybridized carbons (Fsp3) is 0.200. The molecule has 96 valence electrons. The van der Waals surface area contributed by atoms with Gasteiger partial charge in [-0.05, 0) is 17.9 Å². The molecule has 2 aromatic rings. The molecule has 1 unspecified atom stereocenters. The molecule has 19 heavy (non-hydrogen) atoms. The summed E-state index contributed by atoms with van der Waals surface area (Å²) >= 11 is 0. The number of benzene rings is 2. The lowest BCUT2D eigenvalue weighted by atomic mass is 10.1. The van der Waals surface area contributed by atoms with Crippen LogP contribution >= 0.6 is 0 Å². The van der Waals surface area contributed by atoms with E-state index < -0.39 is 12.0 Å². The molecule has 1 N–H and O–H groups in total. The molecule has 0 bridgehead atoms. The Hall–Kier alpha value is -2.36. The molecule has 4 nitrogen and oxygen atoms in total. The highest BCUT2D eigenvalue weighted by Gasteiger charge is 2.37. The predicted molar refractivity (Wildman–Crippen MR) is 72.1 cm³/mol. The van der Waals surface area contributed by atoms with Crippen molar-refractivity contribution in [2.75, 3.05) is 4.90 Å². The highest BCUT2D eigenvalue weighted by Crippen LogP contribution is 2.32. The van der Waals surface area contributed by atoms with Gasteiger partial charge in [-0.3, -0.25) is 9.69 Å². The van der Waals surface area contributed by atoms with Crippen LogP contribution in [0.2, 0.25) is 0 Å². The summed E-state index contributed by atoms with van der Waals surface area (Å²) in [6, 6.07) is 12.5. The minimum atomic E-state index is -0.946. The summed E-state index contributed by atoms with van der Waals surface area (Å²) in [6.45, 7) is 0. The maximum absolute atomic E-state index is 12.0. The summed E-state index contributed by atoms with van der Waals surface area (Å²) in [4.78, 5) is 24.7. The highest BCUT2D eigenvalue weighted by molar-refractivity contribution is 6.08. The zero-order chi connectivity index (χ0) is 13.4. The van der Waals surface area contributed by atoms with E-state index in [4.69, 9.17) is 0 Å². The van der Waals surface area contributed by atoms with E-state index >= 15 is 0 Å². The first-order valence-corrected chi connectivity index (χ1v) is 6.21. The van der Waals surface area contributed by atoms with Gasteiger partial charge in [0.05, 0.1) is 5.69 Å². The Kier molecular flexibility index (Phi) is 2.71. The molecule has 1 fully saturated rings. The third kappa shape index (κ3) is 1.85. The van der Waals surface area contributed by atoms with Crippen LogP contribution in [0.15, 0.2) is 42.5 Å². The third-order valence-corrected chi connectivity index (χ3v) is 3.52. The Morgan fingerprint density at radius 2 is 1.89 bits per heavy atom. The second kappa shape index (κ2) is 4.39. The average molecular weight is 255 g/mol. The molecule has 4 heteroatoms. The smallest absolute Gasteiger partial charge is 0.326 e. The first kappa shape index (κ1) is 11.7. The van der Waals surface area contributed by atoms with Crippen LogP contribution in [0, 0.1) is 0 Å². The lowest BCUT2D eigenvalue weighted by Crippen LogP contribution is -2.38. The van der Waals surface area contributed by atoms with E-state index in [-0.39, 0.29) is 5.91 Å². The molecular weight excluding hydrogens is 242 g/mol. The zero-order valence-electron chi connectivity index (χ0n) is 10.2. The van der Waals surface area contributed by atoms with E-state index in [1.165, 1.54) is 4.90 Å². The van der Waals surface area contributed by atoms with Crippen molar-refractivity contribution >= 4 is 28.3 Å². The van der Waals surface area contributed by atoms with Crippen LogP contribution in [0.25, 0.3) is 10.8 Å². The normalized spacial score (nSPS) is 19.1. The average Bonchev–Trinajstić information content (AvgIpc) is 2.80.